The molecule has 0 amide bonds. The standard InChI is InChI=1S/C44H30N4O8S4.Na/c49-57(50)29-9-1-25(2-10-29)41-33-17-19-35(45-33)42(26-3-11-30(12-4-26)58(51)52)37-21-23-39(47-37)44(28-7-15-32(16-8-28)60(55)56)40-24-22-38(48-40)43(36-20-18-34(41)46-36)27-5-13-31(14-6-27)59(53)54;/h1-9,11,13,15,17-24,45,48H,10,12,14,16H2;. The summed E-state index contributed by atoms with van der Waals surface area (Å²) in [6.45, 7) is 0. The van der Waals surface area contributed by atoms with Crippen molar-refractivity contribution in [2.24, 2.45) is 0 Å². The zero-order valence-electron chi connectivity index (χ0n) is 32.2. The Bertz CT molecular complexity index is 3150. The Kier molecular flexibility index (Phi) is 11.9. The smallest absolute Gasteiger partial charge is 0.217 e. The van der Waals surface area contributed by atoms with Gasteiger partial charge in [-0.2, -0.15) is 33.7 Å². The van der Waals surface area contributed by atoms with E-state index in [0.29, 0.717) is 67.1 Å². The summed E-state index contributed by atoms with van der Waals surface area (Å²) in [4.78, 5) is 18.5. The molecule has 299 valence electrons. The number of nitrogens with zero attached hydrogens (tertiary/aromatic N) is 2. The van der Waals surface area contributed by atoms with E-state index in [4.69, 9.17) is 9.97 Å². The van der Waals surface area contributed by atoms with Crippen molar-refractivity contribution in [3.63, 3.8) is 0 Å². The molecule has 1 radical (unpaired) electrons. The molecule has 0 unspecified atom stereocenters. The maximum Gasteiger partial charge on any atom is 0.217 e. The molecule has 2 N–H and O–H groups in total. The van der Waals surface area contributed by atoms with Crippen molar-refractivity contribution in [1.29, 1.82) is 0 Å². The third-order valence-corrected chi connectivity index (χ3v) is 13.6. The number of hydrogen-bond donors (Lipinski definition) is 2. The second-order valence-corrected chi connectivity index (χ2v) is 18.1. The average molecular weight is 894 g/mol. The zero-order valence-corrected chi connectivity index (χ0v) is 37.4. The molecule has 5 heterocycles. The number of fused-ring (bicyclic) bond motifs is 8. The third kappa shape index (κ3) is 8.23. The molecule has 3 aromatic heterocycles. The van der Waals surface area contributed by atoms with Crippen molar-refractivity contribution in [1.82, 2.24) is 19.9 Å². The van der Waals surface area contributed by atoms with Gasteiger partial charge in [0, 0.05) is 99.6 Å². The van der Waals surface area contributed by atoms with Crippen LogP contribution in [-0.2, 0) is 41.2 Å². The van der Waals surface area contributed by atoms with Gasteiger partial charge in [-0.3, -0.25) is 0 Å². The first-order valence-electron chi connectivity index (χ1n) is 18.5. The molecular weight excluding hydrogens is 864 g/mol. The Hall–Kier alpha value is -5.72. The molecule has 4 aliphatic carbocycles. The van der Waals surface area contributed by atoms with E-state index < -0.39 is 41.2 Å². The van der Waals surface area contributed by atoms with Crippen LogP contribution in [0.5, 0.6) is 0 Å². The molecule has 0 spiro atoms. The summed E-state index contributed by atoms with van der Waals surface area (Å²) < 4.78 is 94.9. The Morgan fingerprint density at radius 2 is 0.574 bits per heavy atom. The van der Waals surface area contributed by atoms with Crippen molar-refractivity contribution >= 4 is 159 Å². The van der Waals surface area contributed by atoms with E-state index in [2.05, 4.69) is 9.97 Å². The predicted octanol–water partition coefficient (Wildman–Crippen LogP) is 5.85. The summed E-state index contributed by atoms with van der Waals surface area (Å²) in [5.41, 5.74) is 10.8. The van der Waals surface area contributed by atoms with Gasteiger partial charge < -0.3 is 9.97 Å². The summed E-state index contributed by atoms with van der Waals surface area (Å²) in [5.74, 6) is 0. The second-order valence-electron chi connectivity index (χ2n) is 14.1. The van der Waals surface area contributed by atoms with Crippen molar-refractivity contribution in [2.75, 3.05) is 0 Å². The fraction of sp³-hybridized carbons (Fsp3) is 0.0909. The van der Waals surface area contributed by atoms with Crippen LogP contribution in [0, 0.1) is 0 Å². The Labute approximate surface area is 377 Å². The number of nitrogens with one attached hydrogen (secondary N) is 2. The van der Waals surface area contributed by atoms with Gasteiger partial charge in [-0.15, -0.1) is 0 Å². The summed E-state index contributed by atoms with van der Waals surface area (Å²) in [5, 5.41) is 0. The van der Waals surface area contributed by atoms with E-state index in [1.165, 1.54) is 0 Å². The summed E-state index contributed by atoms with van der Waals surface area (Å²) in [6.07, 6.45) is 28.9. The minimum Gasteiger partial charge on any atom is -0.354 e. The van der Waals surface area contributed by atoms with Gasteiger partial charge in [-0.25, -0.2) is 9.97 Å². The third-order valence-electron chi connectivity index (χ3n) is 10.7. The molecule has 17 heteroatoms. The number of aromatic nitrogens is 4. The van der Waals surface area contributed by atoms with Crippen LogP contribution in [0.3, 0.4) is 0 Å². The van der Waals surface area contributed by atoms with Crippen LogP contribution >= 0.6 is 0 Å². The number of rotatable bonds is 4. The fourth-order valence-electron chi connectivity index (χ4n) is 7.77. The normalized spacial score (nSPS) is 16.5. The van der Waals surface area contributed by atoms with E-state index in [9.17, 15) is 33.7 Å². The molecule has 0 fully saturated rings. The van der Waals surface area contributed by atoms with E-state index >= 15 is 0 Å². The zero-order chi connectivity index (χ0) is 41.7. The Balaban J connectivity index is 0.00000514. The number of aromatic amines is 2. The largest absolute Gasteiger partial charge is 0.354 e. The van der Waals surface area contributed by atoms with Gasteiger partial charge in [0.15, 0.2) is 0 Å². The molecule has 6 aliphatic rings. The molecule has 0 saturated heterocycles. The molecule has 9 rings (SSSR count). The molecule has 8 bridgehead atoms. The number of allylic oxidation sites excluding steroid dienone is 16. The van der Waals surface area contributed by atoms with Crippen LogP contribution in [0.2, 0.25) is 0 Å². The van der Waals surface area contributed by atoms with Gasteiger partial charge in [0.05, 0.1) is 42.2 Å². The van der Waals surface area contributed by atoms with Gasteiger partial charge in [0.25, 0.3) is 0 Å². The molecule has 2 aliphatic heterocycles. The first-order chi connectivity index (χ1) is 29.0. The minimum atomic E-state index is -2.39. The molecule has 0 atom stereocenters. The van der Waals surface area contributed by atoms with Crippen molar-refractivity contribution in [2.45, 2.75) is 25.7 Å². The van der Waals surface area contributed by atoms with E-state index in [0.717, 1.165) is 22.3 Å². The summed E-state index contributed by atoms with van der Waals surface area (Å²) >= 11 is 0. The van der Waals surface area contributed by atoms with Crippen molar-refractivity contribution < 1.29 is 33.7 Å². The average Bonchev–Trinajstić information content (AvgIpc) is 4.10. The number of H-pyrrole nitrogens is 2. The van der Waals surface area contributed by atoms with Crippen molar-refractivity contribution in [3.05, 3.63) is 142 Å². The molecule has 0 saturated carbocycles. The maximum absolute atomic E-state index is 11.9. The van der Waals surface area contributed by atoms with Gasteiger partial charge in [-0.05, 0) is 95.2 Å². The van der Waals surface area contributed by atoms with Gasteiger partial charge in [0.1, 0.15) is 0 Å². The van der Waals surface area contributed by atoms with E-state index in [1.54, 1.807) is 48.6 Å². The molecular formula is C44H30N4NaO8S4. The number of hydrogen-bond acceptors (Lipinski definition) is 10. The van der Waals surface area contributed by atoms with Crippen LogP contribution in [0.15, 0.2) is 97.2 Å². The van der Waals surface area contributed by atoms with Gasteiger partial charge >= 0.3 is 0 Å². The van der Waals surface area contributed by atoms with Gasteiger partial charge in [0.2, 0.25) is 41.2 Å². The van der Waals surface area contributed by atoms with Crippen LogP contribution < -0.4 is 0 Å². The molecule has 0 aromatic carbocycles. The fourth-order valence-corrected chi connectivity index (χ4v) is 9.37. The molecule has 3 aromatic rings. The summed E-state index contributed by atoms with van der Waals surface area (Å²) in [7, 11) is -9.54. The van der Waals surface area contributed by atoms with Crippen LogP contribution in [-0.4, -0.2) is 103 Å². The van der Waals surface area contributed by atoms with Gasteiger partial charge in [-0.1, -0.05) is 48.6 Å². The molecule has 12 nitrogen and oxygen atoms in total. The second kappa shape index (κ2) is 17.3. The Morgan fingerprint density at radius 3 is 0.754 bits per heavy atom. The quantitative estimate of drug-likeness (QED) is 0.163. The monoisotopic (exact) mass is 893 g/mol. The SMILES string of the molecule is O=S(=O)=C1C=CC(c2c3nc(c(C4=CCC(=S(=O)=O)C=C4)c4ccc([nH]4)c(C4=CCC(=S(=O)=O)C=C4)c4nc(c(C5=CCC(=S(=O)=O)C=C5)c5ccc2[nH]5)C=C4)C=C3)=CC1.[Na]. The van der Waals surface area contributed by atoms with Crippen LogP contribution in [0.1, 0.15) is 70.7 Å². The maximum atomic E-state index is 11.9. The van der Waals surface area contributed by atoms with E-state index in [1.807, 2.05) is 72.9 Å². The van der Waals surface area contributed by atoms with Crippen LogP contribution in [0.25, 0.3) is 68.7 Å². The summed E-state index contributed by atoms with van der Waals surface area (Å²) in [6, 6.07) is 7.65. The van der Waals surface area contributed by atoms with Crippen molar-refractivity contribution in [3.8, 4) is 0 Å². The predicted molar refractivity (Wildman–Crippen MR) is 247 cm³/mol. The van der Waals surface area contributed by atoms with E-state index in [-0.39, 0.29) is 74.7 Å². The Morgan fingerprint density at radius 1 is 0.344 bits per heavy atom. The first kappa shape index (κ1) is 42.0. The van der Waals surface area contributed by atoms with Crippen LogP contribution in [0.4, 0.5) is 0 Å². The minimum absolute atomic E-state index is 0. The first-order valence-corrected chi connectivity index (χ1v) is 22.8. The molecule has 61 heavy (non-hydrogen) atoms. The topological polar surface area (TPSA) is 194 Å².